The highest BCUT2D eigenvalue weighted by Crippen LogP contribution is 2.22. The topological polar surface area (TPSA) is 73.1 Å². The van der Waals surface area contributed by atoms with E-state index in [1.54, 1.807) is 24.5 Å². The summed E-state index contributed by atoms with van der Waals surface area (Å²) in [6, 6.07) is 5.43. The van der Waals surface area contributed by atoms with Crippen LogP contribution in [0.3, 0.4) is 0 Å². The van der Waals surface area contributed by atoms with Crippen LogP contribution < -0.4 is 15.8 Å². The number of halogens is 3. The highest BCUT2D eigenvalue weighted by molar-refractivity contribution is 5.27. The molecule has 0 aliphatic heterocycles. The molecule has 1 aromatic carbocycles. The van der Waals surface area contributed by atoms with Crippen molar-refractivity contribution in [3.63, 3.8) is 0 Å². The van der Waals surface area contributed by atoms with Gasteiger partial charge in [0.15, 0.2) is 0 Å². The standard InChI is InChI=1S/C16H19F3N4O/c1-2-11-8-22-15(23-9-11)14(7-20)21-10-12-3-5-13(6-4-12)24-16(17,18)19/h3-6,8-9,14,21H,2,7,10,20H2,1H3. The van der Waals surface area contributed by atoms with E-state index in [9.17, 15) is 13.2 Å². The maximum atomic E-state index is 12.1. The molecule has 0 spiro atoms. The van der Waals surface area contributed by atoms with Crippen LogP contribution in [0.25, 0.3) is 0 Å². The summed E-state index contributed by atoms with van der Waals surface area (Å²) in [5, 5.41) is 3.19. The smallest absolute Gasteiger partial charge is 0.406 e. The van der Waals surface area contributed by atoms with Gasteiger partial charge in [-0.3, -0.25) is 0 Å². The number of ether oxygens (including phenoxy) is 1. The second kappa shape index (κ2) is 8.07. The molecule has 0 saturated carbocycles. The maximum absolute atomic E-state index is 12.1. The molecule has 1 heterocycles. The molecule has 130 valence electrons. The Labute approximate surface area is 138 Å². The van der Waals surface area contributed by atoms with E-state index in [1.165, 1.54) is 12.1 Å². The summed E-state index contributed by atoms with van der Waals surface area (Å²) in [4.78, 5) is 8.58. The van der Waals surface area contributed by atoms with Crippen molar-refractivity contribution in [1.82, 2.24) is 15.3 Å². The third-order valence-corrected chi connectivity index (χ3v) is 3.39. The summed E-state index contributed by atoms with van der Waals surface area (Å²) < 4.78 is 40.2. The molecule has 3 N–H and O–H groups in total. The Morgan fingerprint density at radius 3 is 2.25 bits per heavy atom. The van der Waals surface area contributed by atoms with Crippen molar-refractivity contribution in [2.24, 2.45) is 5.73 Å². The molecule has 24 heavy (non-hydrogen) atoms. The maximum Gasteiger partial charge on any atom is 0.573 e. The van der Waals surface area contributed by atoms with Crippen LogP contribution in [0.15, 0.2) is 36.7 Å². The number of aromatic nitrogens is 2. The molecule has 2 rings (SSSR count). The molecule has 1 aromatic heterocycles. The van der Waals surface area contributed by atoms with Crippen LogP contribution >= 0.6 is 0 Å². The van der Waals surface area contributed by atoms with E-state index in [0.717, 1.165) is 17.5 Å². The fourth-order valence-corrected chi connectivity index (χ4v) is 2.06. The van der Waals surface area contributed by atoms with Gasteiger partial charge < -0.3 is 15.8 Å². The number of rotatable bonds is 7. The number of alkyl halides is 3. The molecule has 5 nitrogen and oxygen atoms in total. The monoisotopic (exact) mass is 340 g/mol. The Hall–Kier alpha value is -2.19. The number of hydrogen-bond acceptors (Lipinski definition) is 5. The summed E-state index contributed by atoms with van der Waals surface area (Å²) in [7, 11) is 0. The van der Waals surface area contributed by atoms with Crippen LogP contribution in [0.1, 0.15) is 29.9 Å². The van der Waals surface area contributed by atoms with Gasteiger partial charge in [-0.25, -0.2) is 9.97 Å². The summed E-state index contributed by atoms with van der Waals surface area (Å²) in [5.74, 6) is 0.340. The summed E-state index contributed by atoms with van der Waals surface area (Å²) in [6.07, 6.45) is -0.314. The minimum atomic E-state index is -4.69. The molecule has 0 radical (unpaired) electrons. The highest BCUT2D eigenvalue weighted by atomic mass is 19.4. The zero-order valence-corrected chi connectivity index (χ0v) is 13.2. The van der Waals surface area contributed by atoms with Gasteiger partial charge in [0.2, 0.25) is 0 Å². The van der Waals surface area contributed by atoms with Gasteiger partial charge in [0.05, 0.1) is 6.04 Å². The first-order valence-electron chi connectivity index (χ1n) is 7.50. The predicted octanol–water partition coefficient (Wildman–Crippen LogP) is 2.73. The molecule has 0 aliphatic carbocycles. The van der Waals surface area contributed by atoms with Gasteiger partial charge in [-0.2, -0.15) is 0 Å². The fraction of sp³-hybridized carbons (Fsp3) is 0.375. The number of hydrogen-bond donors (Lipinski definition) is 2. The van der Waals surface area contributed by atoms with Crippen molar-refractivity contribution in [3.05, 3.63) is 53.6 Å². The Bertz CT molecular complexity index is 629. The van der Waals surface area contributed by atoms with Crippen LogP contribution in [0, 0.1) is 0 Å². The minimum Gasteiger partial charge on any atom is -0.406 e. The van der Waals surface area contributed by atoms with E-state index >= 15 is 0 Å². The van der Waals surface area contributed by atoms with Crippen molar-refractivity contribution in [2.45, 2.75) is 32.3 Å². The quantitative estimate of drug-likeness (QED) is 0.811. The molecule has 1 atom stereocenters. The van der Waals surface area contributed by atoms with Crippen LogP contribution in [0.5, 0.6) is 5.75 Å². The number of nitrogens with one attached hydrogen (secondary N) is 1. The molecule has 0 bridgehead atoms. The van der Waals surface area contributed by atoms with E-state index in [4.69, 9.17) is 5.73 Å². The van der Waals surface area contributed by atoms with E-state index in [2.05, 4.69) is 20.0 Å². The second-order valence-electron chi connectivity index (χ2n) is 5.16. The lowest BCUT2D eigenvalue weighted by Gasteiger charge is -2.16. The number of aryl methyl sites for hydroxylation is 1. The van der Waals surface area contributed by atoms with E-state index in [0.29, 0.717) is 18.9 Å². The van der Waals surface area contributed by atoms with Crippen molar-refractivity contribution < 1.29 is 17.9 Å². The van der Waals surface area contributed by atoms with Crippen molar-refractivity contribution in [2.75, 3.05) is 6.54 Å². The molecular weight excluding hydrogens is 321 g/mol. The Morgan fingerprint density at radius 1 is 1.12 bits per heavy atom. The van der Waals surface area contributed by atoms with Gasteiger partial charge in [-0.1, -0.05) is 19.1 Å². The first-order chi connectivity index (χ1) is 11.4. The van der Waals surface area contributed by atoms with Crippen LogP contribution in [0.4, 0.5) is 13.2 Å². The van der Waals surface area contributed by atoms with Gasteiger partial charge in [0.1, 0.15) is 11.6 Å². The van der Waals surface area contributed by atoms with Gasteiger partial charge in [-0.05, 0) is 29.7 Å². The average Bonchev–Trinajstić information content (AvgIpc) is 2.56. The van der Waals surface area contributed by atoms with Gasteiger partial charge in [0, 0.05) is 25.5 Å². The normalized spacial score (nSPS) is 12.9. The lowest BCUT2D eigenvalue weighted by molar-refractivity contribution is -0.274. The highest BCUT2D eigenvalue weighted by Gasteiger charge is 2.30. The van der Waals surface area contributed by atoms with Crippen molar-refractivity contribution >= 4 is 0 Å². The summed E-state index contributed by atoms with van der Waals surface area (Å²) in [6.45, 7) is 2.75. The molecule has 0 fully saturated rings. The molecule has 8 heteroatoms. The summed E-state index contributed by atoms with van der Waals surface area (Å²) >= 11 is 0. The van der Waals surface area contributed by atoms with Gasteiger partial charge in [-0.15, -0.1) is 13.2 Å². The molecule has 1 unspecified atom stereocenters. The van der Waals surface area contributed by atoms with E-state index in [-0.39, 0.29) is 11.8 Å². The Morgan fingerprint density at radius 2 is 1.75 bits per heavy atom. The zero-order valence-electron chi connectivity index (χ0n) is 13.2. The minimum absolute atomic E-state index is 0.234. The fourth-order valence-electron chi connectivity index (χ4n) is 2.06. The predicted molar refractivity (Wildman–Crippen MR) is 83.2 cm³/mol. The molecule has 0 amide bonds. The van der Waals surface area contributed by atoms with Crippen LogP contribution in [-0.4, -0.2) is 22.9 Å². The lowest BCUT2D eigenvalue weighted by Crippen LogP contribution is -2.29. The van der Waals surface area contributed by atoms with Crippen LogP contribution in [0.2, 0.25) is 0 Å². The number of benzene rings is 1. The first-order valence-corrected chi connectivity index (χ1v) is 7.50. The number of nitrogens with two attached hydrogens (primary N) is 1. The average molecular weight is 340 g/mol. The van der Waals surface area contributed by atoms with Gasteiger partial charge in [0.25, 0.3) is 0 Å². The Kier molecular flexibility index (Phi) is 6.10. The molecule has 0 aliphatic rings. The Balaban J connectivity index is 1.94. The third-order valence-electron chi connectivity index (χ3n) is 3.39. The molecular formula is C16H19F3N4O. The largest absolute Gasteiger partial charge is 0.573 e. The SMILES string of the molecule is CCc1cnc(C(CN)NCc2ccc(OC(F)(F)F)cc2)nc1. The van der Waals surface area contributed by atoms with E-state index < -0.39 is 6.36 Å². The second-order valence-corrected chi connectivity index (χ2v) is 5.16. The molecule has 2 aromatic rings. The first kappa shape index (κ1) is 18.2. The lowest BCUT2D eigenvalue weighted by atomic mass is 10.2. The van der Waals surface area contributed by atoms with Crippen molar-refractivity contribution in [1.29, 1.82) is 0 Å². The number of nitrogens with zero attached hydrogens (tertiary/aromatic N) is 2. The van der Waals surface area contributed by atoms with Crippen molar-refractivity contribution in [3.8, 4) is 5.75 Å². The molecule has 0 saturated heterocycles. The van der Waals surface area contributed by atoms with E-state index in [1.807, 2.05) is 6.92 Å². The summed E-state index contributed by atoms with van der Waals surface area (Å²) in [5.41, 5.74) is 7.58. The third kappa shape index (κ3) is 5.47. The zero-order chi connectivity index (χ0) is 17.6. The van der Waals surface area contributed by atoms with Crippen LogP contribution in [-0.2, 0) is 13.0 Å². The van der Waals surface area contributed by atoms with Gasteiger partial charge >= 0.3 is 6.36 Å².